The normalized spacial score (nSPS) is 17.9. The maximum atomic E-state index is 11.2. The SMILES string of the molecule is O=P(O)(O)CCN1CCC(Nc2cc(N3CCOCC3)nc(NCc3nc(CCCO)co3)n2)CC1. The van der Waals surface area contributed by atoms with Crippen LogP contribution in [0.3, 0.4) is 0 Å². The van der Waals surface area contributed by atoms with Crippen LogP contribution in [0.1, 0.15) is 30.8 Å². The molecule has 2 saturated heterocycles. The second kappa shape index (κ2) is 12.8. The molecular weight excluding hydrogens is 489 g/mol. The number of hydrogen-bond acceptors (Lipinski definition) is 11. The molecule has 0 unspecified atom stereocenters. The Bertz CT molecular complexity index is 1000. The number of nitrogens with zero attached hydrogens (tertiary/aromatic N) is 5. The van der Waals surface area contributed by atoms with Gasteiger partial charge in [-0.2, -0.15) is 9.97 Å². The van der Waals surface area contributed by atoms with E-state index in [0.29, 0.717) is 51.0 Å². The van der Waals surface area contributed by atoms with E-state index in [4.69, 9.17) is 29.0 Å². The van der Waals surface area contributed by atoms with Crippen molar-refractivity contribution in [3.8, 4) is 0 Å². The van der Waals surface area contributed by atoms with Gasteiger partial charge in [0.05, 0.1) is 31.6 Å². The molecule has 2 aromatic rings. The summed E-state index contributed by atoms with van der Waals surface area (Å²) in [6, 6.07) is 2.16. The summed E-state index contributed by atoms with van der Waals surface area (Å²) in [6.07, 6.45) is 4.51. The molecule has 0 bridgehead atoms. The Kier molecular flexibility index (Phi) is 9.52. The highest BCUT2D eigenvalue weighted by atomic mass is 31.2. The zero-order valence-electron chi connectivity index (χ0n) is 20.4. The van der Waals surface area contributed by atoms with Gasteiger partial charge in [-0.3, -0.25) is 4.57 Å². The molecule has 2 fully saturated rings. The van der Waals surface area contributed by atoms with E-state index in [1.54, 1.807) is 6.26 Å². The van der Waals surface area contributed by atoms with Crippen LogP contribution in [0.5, 0.6) is 0 Å². The summed E-state index contributed by atoms with van der Waals surface area (Å²) < 4.78 is 22.2. The molecule has 0 radical (unpaired) electrons. The Morgan fingerprint density at radius 3 is 2.61 bits per heavy atom. The van der Waals surface area contributed by atoms with Crippen LogP contribution in [0.4, 0.5) is 17.6 Å². The molecule has 13 nitrogen and oxygen atoms in total. The fraction of sp³-hybridized carbons (Fsp3) is 0.682. The third-order valence-electron chi connectivity index (χ3n) is 6.28. The molecule has 0 saturated carbocycles. The number of piperidine rings is 1. The fourth-order valence-electron chi connectivity index (χ4n) is 4.28. The number of aliphatic hydroxyl groups is 1. The largest absolute Gasteiger partial charge is 0.447 e. The predicted octanol–water partition coefficient (Wildman–Crippen LogP) is 0.892. The molecular formula is C22H36N7O6P. The van der Waals surface area contributed by atoms with Crippen molar-refractivity contribution in [1.82, 2.24) is 19.9 Å². The van der Waals surface area contributed by atoms with Gasteiger partial charge in [0, 0.05) is 51.4 Å². The van der Waals surface area contributed by atoms with Crippen molar-refractivity contribution < 1.29 is 28.6 Å². The van der Waals surface area contributed by atoms with Crippen LogP contribution >= 0.6 is 7.60 Å². The van der Waals surface area contributed by atoms with Crippen molar-refractivity contribution in [2.45, 2.75) is 38.3 Å². The minimum atomic E-state index is -3.98. The maximum Gasteiger partial charge on any atom is 0.326 e. The third kappa shape index (κ3) is 8.39. The van der Waals surface area contributed by atoms with Crippen LogP contribution in [0, 0.1) is 0 Å². The van der Waals surface area contributed by atoms with Crippen molar-refractivity contribution in [3.05, 3.63) is 23.9 Å². The van der Waals surface area contributed by atoms with Gasteiger partial charge in [0.25, 0.3) is 0 Å². The highest BCUT2D eigenvalue weighted by Crippen LogP contribution is 2.34. The highest BCUT2D eigenvalue weighted by molar-refractivity contribution is 7.51. The Hall–Kier alpha value is -2.28. The van der Waals surface area contributed by atoms with E-state index in [2.05, 4.69) is 30.4 Å². The smallest absolute Gasteiger partial charge is 0.326 e. The number of aryl methyl sites for hydroxylation is 1. The summed E-state index contributed by atoms with van der Waals surface area (Å²) in [5, 5.41) is 15.7. The molecule has 2 aromatic heterocycles. The van der Waals surface area contributed by atoms with Crippen LogP contribution in [0.25, 0.3) is 0 Å². The first-order valence-corrected chi connectivity index (χ1v) is 14.2. The number of anilines is 3. The zero-order valence-corrected chi connectivity index (χ0v) is 21.3. The Labute approximate surface area is 210 Å². The van der Waals surface area contributed by atoms with Crippen LogP contribution in [0.15, 0.2) is 16.7 Å². The number of rotatable bonds is 12. The van der Waals surface area contributed by atoms with Crippen LogP contribution in [-0.2, 0) is 22.3 Å². The van der Waals surface area contributed by atoms with Gasteiger partial charge in [-0.15, -0.1) is 0 Å². The molecule has 4 rings (SSSR count). The number of morpholine rings is 1. The van der Waals surface area contributed by atoms with Crippen molar-refractivity contribution >= 4 is 25.2 Å². The minimum Gasteiger partial charge on any atom is -0.447 e. The molecule has 2 aliphatic heterocycles. The van der Waals surface area contributed by atoms with Gasteiger partial charge in [-0.25, -0.2) is 4.98 Å². The number of aliphatic hydroxyl groups excluding tert-OH is 1. The molecule has 5 N–H and O–H groups in total. The van der Waals surface area contributed by atoms with E-state index in [0.717, 1.165) is 56.4 Å². The molecule has 0 spiro atoms. The number of likely N-dealkylation sites (tertiary alicyclic amines) is 1. The average Bonchev–Trinajstić information content (AvgIpc) is 3.33. The van der Waals surface area contributed by atoms with Crippen molar-refractivity contribution in [2.24, 2.45) is 0 Å². The van der Waals surface area contributed by atoms with Gasteiger partial charge >= 0.3 is 7.60 Å². The van der Waals surface area contributed by atoms with Gasteiger partial charge in [0.15, 0.2) is 0 Å². The molecule has 0 aliphatic carbocycles. The molecule has 4 heterocycles. The van der Waals surface area contributed by atoms with E-state index < -0.39 is 7.60 Å². The maximum absolute atomic E-state index is 11.2. The second-order valence-corrected chi connectivity index (χ2v) is 10.9. The number of aromatic nitrogens is 3. The first-order valence-electron chi connectivity index (χ1n) is 12.4. The first-order chi connectivity index (χ1) is 17.4. The van der Waals surface area contributed by atoms with E-state index >= 15 is 0 Å². The lowest BCUT2D eigenvalue weighted by Crippen LogP contribution is -2.40. The fourth-order valence-corrected chi connectivity index (χ4v) is 4.83. The van der Waals surface area contributed by atoms with E-state index in [9.17, 15) is 4.57 Å². The number of oxazole rings is 1. The molecule has 0 amide bonds. The molecule has 2 aliphatic rings. The van der Waals surface area contributed by atoms with E-state index in [1.807, 2.05) is 6.07 Å². The van der Waals surface area contributed by atoms with E-state index in [-0.39, 0.29) is 18.8 Å². The third-order valence-corrected chi connectivity index (χ3v) is 7.07. The minimum absolute atomic E-state index is 0.109. The van der Waals surface area contributed by atoms with Gasteiger partial charge in [0.2, 0.25) is 11.8 Å². The topological polar surface area (TPSA) is 169 Å². The predicted molar refractivity (Wildman–Crippen MR) is 134 cm³/mol. The lowest BCUT2D eigenvalue weighted by molar-refractivity contribution is 0.122. The highest BCUT2D eigenvalue weighted by Gasteiger charge is 2.23. The van der Waals surface area contributed by atoms with Crippen LogP contribution in [-0.4, -0.2) is 99.5 Å². The van der Waals surface area contributed by atoms with Crippen LogP contribution in [0.2, 0.25) is 0 Å². The number of ether oxygens (including phenoxy) is 1. The van der Waals surface area contributed by atoms with Crippen molar-refractivity contribution in [2.75, 3.05) is 74.2 Å². The quantitative estimate of drug-likeness (QED) is 0.248. The molecule has 200 valence electrons. The summed E-state index contributed by atoms with van der Waals surface area (Å²) in [5.41, 5.74) is 0.804. The molecule has 0 aromatic carbocycles. The number of hydrogen-bond donors (Lipinski definition) is 5. The first kappa shape index (κ1) is 26.8. The Morgan fingerprint density at radius 2 is 1.89 bits per heavy atom. The summed E-state index contributed by atoms with van der Waals surface area (Å²) in [6.45, 7) is 5.20. The number of nitrogens with one attached hydrogen (secondary N) is 2. The van der Waals surface area contributed by atoms with Crippen molar-refractivity contribution in [1.29, 1.82) is 0 Å². The summed E-state index contributed by atoms with van der Waals surface area (Å²) >= 11 is 0. The van der Waals surface area contributed by atoms with Gasteiger partial charge in [-0.1, -0.05) is 0 Å². The average molecular weight is 526 g/mol. The zero-order chi connectivity index (χ0) is 25.4. The van der Waals surface area contributed by atoms with Gasteiger partial charge < -0.3 is 44.5 Å². The Balaban J connectivity index is 1.38. The monoisotopic (exact) mass is 525 g/mol. The summed E-state index contributed by atoms with van der Waals surface area (Å²) in [5.74, 6) is 2.53. The summed E-state index contributed by atoms with van der Waals surface area (Å²) in [4.78, 5) is 36.3. The van der Waals surface area contributed by atoms with E-state index in [1.165, 1.54) is 0 Å². The molecule has 0 atom stereocenters. The summed E-state index contributed by atoms with van der Waals surface area (Å²) in [7, 11) is -3.98. The van der Waals surface area contributed by atoms with Crippen molar-refractivity contribution in [3.63, 3.8) is 0 Å². The standard InChI is InChI=1S/C22H36N7O6P/c30-10-1-2-18-16-35-21(25-18)15-23-22-26-19(14-20(27-22)29-7-11-34-12-8-29)24-17-3-5-28(6-4-17)9-13-36(31,32)33/h14,16-17,30H,1-13,15H2,(H2,31,32,33)(H2,23,24,26,27). The second-order valence-electron chi connectivity index (χ2n) is 9.10. The van der Waals surface area contributed by atoms with Gasteiger partial charge in [-0.05, 0) is 25.7 Å². The molecule has 36 heavy (non-hydrogen) atoms. The lowest BCUT2D eigenvalue weighted by Gasteiger charge is -2.33. The van der Waals surface area contributed by atoms with Crippen LogP contribution < -0.4 is 15.5 Å². The Morgan fingerprint density at radius 1 is 1.11 bits per heavy atom. The molecule has 14 heteroatoms. The lowest BCUT2D eigenvalue weighted by atomic mass is 10.1. The van der Waals surface area contributed by atoms with Gasteiger partial charge in [0.1, 0.15) is 17.9 Å².